The molecule has 4 rings (SSSR count). The summed E-state index contributed by atoms with van der Waals surface area (Å²) in [5, 5.41) is 4.10. The number of nitrogens with zero attached hydrogens (tertiary/aromatic N) is 3. The van der Waals surface area contributed by atoms with Gasteiger partial charge in [-0.05, 0) is 42.7 Å². The highest BCUT2D eigenvalue weighted by Crippen LogP contribution is 2.26. The number of para-hydroxylation sites is 1. The molecule has 0 atom stereocenters. The highest BCUT2D eigenvalue weighted by Gasteiger charge is 2.22. The van der Waals surface area contributed by atoms with Crippen molar-refractivity contribution in [2.45, 2.75) is 31.9 Å². The van der Waals surface area contributed by atoms with E-state index in [1.54, 1.807) is 24.3 Å². The Morgan fingerprint density at radius 2 is 1.71 bits per heavy atom. The van der Waals surface area contributed by atoms with Gasteiger partial charge in [0.2, 0.25) is 0 Å². The lowest BCUT2D eigenvalue weighted by atomic mass is 10.0. The summed E-state index contributed by atoms with van der Waals surface area (Å²) in [4.78, 5) is 10.3. The maximum atomic E-state index is 13.2. The SMILES string of the molecule is Fc1ccc(CN2CCC(Nc3nc(C(F)F)nc4ccccc34)CC2)cc1. The summed E-state index contributed by atoms with van der Waals surface area (Å²) < 4.78 is 39.3. The third kappa shape index (κ3) is 4.25. The molecule has 1 aliphatic rings. The fourth-order valence-electron chi connectivity index (χ4n) is 3.58. The average Bonchev–Trinajstić information content (AvgIpc) is 2.71. The van der Waals surface area contributed by atoms with Crippen LogP contribution in [0.5, 0.6) is 0 Å². The number of alkyl halides is 2. The van der Waals surface area contributed by atoms with Crippen molar-refractivity contribution in [3.05, 3.63) is 65.7 Å². The predicted octanol–water partition coefficient (Wildman–Crippen LogP) is 4.78. The Morgan fingerprint density at radius 1 is 1.00 bits per heavy atom. The lowest BCUT2D eigenvalue weighted by Crippen LogP contribution is -2.38. The van der Waals surface area contributed by atoms with Crippen LogP contribution in [-0.2, 0) is 6.54 Å². The first kappa shape index (κ1) is 18.7. The maximum absolute atomic E-state index is 13.2. The summed E-state index contributed by atoms with van der Waals surface area (Å²) in [6.45, 7) is 2.53. The lowest BCUT2D eigenvalue weighted by Gasteiger charge is -2.32. The minimum atomic E-state index is -2.71. The summed E-state index contributed by atoms with van der Waals surface area (Å²) in [6.07, 6.45) is -0.949. The number of nitrogens with one attached hydrogen (secondary N) is 1. The van der Waals surface area contributed by atoms with Crippen molar-refractivity contribution < 1.29 is 13.2 Å². The zero-order valence-electron chi connectivity index (χ0n) is 15.3. The molecule has 1 aliphatic heterocycles. The Bertz CT molecular complexity index is 938. The molecule has 1 saturated heterocycles. The number of halogens is 3. The number of hydrogen-bond donors (Lipinski definition) is 1. The van der Waals surface area contributed by atoms with E-state index in [0.29, 0.717) is 11.3 Å². The van der Waals surface area contributed by atoms with Crippen LogP contribution in [0.1, 0.15) is 30.7 Å². The van der Waals surface area contributed by atoms with Crippen LogP contribution in [-0.4, -0.2) is 34.0 Å². The summed E-state index contributed by atoms with van der Waals surface area (Å²) in [6, 6.07) is 13.9. The maximum Gasteiger partial charge on any atom is 0.297 e. The van der Waals surface area contributed by atoms with E-state index >= 15 is 0 Å². The second-order valence-corrected chi connectivity index (χ2v) is 7.07. The predicted molar refractivity (Wildman–Crippen MR) is 103 cm³/mol. The molecule has 0 aliphatic carbocycles. The second-order valence-electron chi connectivity index (χ2n) is 7.07. The van der Waals surface area contributed by atoms with Gasteiger partial charge in [0.25, 0.3) is 6.43 Å². The molecule has 3 aromatic rings. The normalized spacial score (nSPS) is 16.0. The van der Waals surface area contributed by atoms with E-state index in [1.165, 1.54) is 12.1 Å². The minimum absolute atomic E-state index is 0.160. The Labute approximate surface area is 161 Å². The monoisotopic (exact) mass is 386 g/mol. The van der Waals surface area contributed by atoms with Crippen LogP contribution in [0.4, 0.5) is 19.0 Å². The van der Waals surface area contributed by atoms with E-state index in [1.807, 2.05) is 12.1 Å². The van der Waals surface area contributed by atoms with E-state index in [9.17, 15) is 13.2 Å². The van der Waals surface area contributed by atoms with Crippen molar-refractivity contribution in [3.8, 4) is 0 Å². The molecule has 146 valence electrons. The van der Waals surface area contributed by atoms with E-state index in [2.05, 4.69) is 20.2 Å². The van der Waals surface area contributed by atoms with Gasteiger partial charge in [-0.3, -0.25) is 4.90 Å². The van der Waals surface area contributed by atoms with Crippen LogP contribution < -0.4 is 5.32 Å². The molecule has 0 spiro atoms. The summed E-state index contributed by atoms with van der Waals surface area (Å²) in [5.41, 5.74) is 1.60. The van der Waals surface area contributed by atoms with E-state index < -0.39 is 12.2 Å². The van der Waals surface area contributed by atoms with E-state index in [4.69, 9.17) is 0 Å². The van der Waals surface area contributed by atoms with Crippen LogP contribution in [0.25, 0.3) is 10.9 Å². The minimum Gasteiger partial charge on any atom is -0.367 e. The van der Waals surface area contributed by atoms with Gasteiger partial charge in [-0.2, -0.15) is 0 Å². The molecule has 4 nitrogen and oxygen atoms in total. The average molecular weight is 386 g/mol. The summed E-state index contributed by atoms with van der Waals surface area (Å²) in [7, 11) is 0. The number of piperidine rings is 1. The van der Waals surface area contributed by atoms with Crippen molar-refractivity contribution in [2.24, 2.45) is 0 Å². The molecule has 1 aromatic heterocycles. The molecule has 2 heterocycles. The second kappa shape index (κ2) is 8.14. The van der Waals surface area contributed by atoms with Gasteiger partial charge < -0.3 is 5.32 Å². The van der Waals surface area contributed by atoms with Gasteiger partial charge in [-0.1, -0.05) is 24.3 Å². The highest BCUT2D eigenvalue weighted by atomic mass is 19.3. The molecule has 0 amide bonds. The summed E-state index contributed by atoms with van der Waals surface area (Å²) >= 11 is 0. The van der Waals surface area contributed by atoms with Gasteiger partial charge in [-0.15, -0.1) is 0 Å². The molecule has 2 aromatic carbocycles. The molecule has 0 saturated carbocycles. The van der Waals surface area contributed by atoms with Crippen LogP contribution in [0.15, 0.2) is 48.5 Å². The number of rotatable bonds is 5. The van der Waals surface area contributed by atoms with Gasteiger partial charge in [0, 0.05) is 31.1 Å². The fraction of sp³-hybridized carbons (Fsp3) is 0.333. The van der Waals surface area contributed by atoms with Crippen molar-refractivity contribution in [1.82, 2.24) is 14.9 Å². The van der Waals surface area contributed by atoms with Gasteiger partial charge in [0.1, 0.15) is 11.6 Å². The third-order valence-corrected chi connectivity index (χ3v) is 5.06. The Hall–Kier alpha value is -2.67. The molecule has 7 heteroatoms. The first-order valence-electron chi connectivity index (χ1n) is 9.36. The first-order chi connectivity index (χ1) is 13.6. The van der Waals surface area contributed by atoms with E-state index in [0.717, 1.165) is 43.4 Å². The fourth-order valence-corrected chi connectivity index (χ4v) is 3.58. The van der Waals surface area contributed by atoms with Gasteiger partial charge in [0.15, 0.2) is 5.82 Å². The lowest BCUT2D eigenvalue weighted by molar-refractivity contribution is 0.141. The molecular formula is C21H21F3N4. The smallest absolute Gasteiger partial charge is 0.297 e. The number of likely N-dealkylation sites (tertiary alicyclic amines) is 1. The van der Waals surface area contributed by atoms with Crippen LogP contribution in [0.2, 0.25) is 0 Å². The Kier molecular flexibility index (Phi) is 5.43. The first-order valence-corrected chi connectivity index (χ1v) is 9.36. The Morgan fingerprint density at radius 3 is 2.43 bits per heavy atom. The quantitative estimate of drug-likeness (QED) is 0.685. The highest BCUT2D eigenvalue weighted by molar-refractivity contribution is 5.89. The topological polar surface area (TPSA) is 41.0 Å². The number of benzene rings is 2. The zero-order valence-corrected chi connectivity index (χ0v) is 15.3. The van der Waals surface area contributed by atoms with Crippen molar-refractivity contribution in [2.75, 3.05) is 18.4 Å². The van der Waals surface area contributed by atoms with Crippen LogP contribution in [0.3, 0.4) is 0 Å². The molecule has 0 radical (unpaired) electrons. The number of hydrogen-bond acceptors (Lipinski definition) is 4. The zero-order chi connectivity index (χ0) is 19.5. The molecule has 0 bridgehead atoms. The number of anilines is 1. The van der Waals surface area contributed by atoms with Crippen LogP contribution >= 0.6 is 0 Å². The van der Waals surface area contributed by atoms with Crippen LogP contribution in [0, 0.1) is 5.82 Å². The van der Waals surface area contributed by atoms with Crippen molar-refractivity contribution >= 4 is 16.7 Å². The van der Waals surface area contributed by atoms with Gasteiger partial charge in [0.05, 0.1) is 5.52 Å². The molecular weight excluding hydrogens is 365 g/mol. The molecule has 1 fully saturated rings. The summed E-state index contributed by atoms with van der Waals surface area (Å²) in [5.74, 6) is -0.209. The molecule has 28 heavy (non-hydrogen) atoms. The van der Waals surface area contributed by atoms with Gasteiger partial charge >= 0.3 is 0 Å². The number of aromatic nitrogens is 2. The molecule has 1 N–H and O–H groups in total. The standard InChI is InChI=1S/C21H21F3N4/c22-15-7-5-14(6-8-15)13-28-11-9-16(10-12-28)25-20-17-3-1-2-4-18(17)26-21(27-20)19(23)24/h1-8,16,19H,9-13H2,(H,25,26,27). The van der Waals surface area contributed by atoms with Gasteiger partial charge in [-0.25, -0.2) is 23.1 Å². The van der Waals surface area contributed by atoms with Crippen molar-refractivity contribution in [3.63, 3.8) is 0 Å². The number of fused-ring (bicyclic) bond motifs is 1. The third-order valence-electron chi connectivity index (χ3n) is 5.06. The largest absolute Gasteiger partial charge is 0.367 e. The van der Waals surface area contributed by atoms with E-state index in [-0.39, 0.29) is 11.9 Å². The molecule has 0 unspecified atom stereocenters. The Balaban J connectivity index is 1.42. The van der Waals surface area contributed by atoms with Crippen molar-refractivity contribution in [1.29, 1.82) is 0 Å².